The molecule has 156 valence electrons. The van der Waals surface area contributed by atoms with Crippen LogP contribution in [0.5, 0.6) is 11.5 Å². The van der Waals surface area contributed by atoms with Gasteiger partial charge in [0.05, 0.1) is 24.7 Å². The highest BCUT2D eigenvalue weighted by atomic mass is 16.6. The van der Waals surface area contributed by atoms with E-state index >= 15 is 0 Å². The summed E-state index contributed by atoms with van der Waals surface area (Å²) in [6.07, 6.45) is 0. The third kappa shape index (κ3) is 4.40. The van der Waals surface area contributed by atoms with Crippen LogP contribution in [-0.2, 0) is 11.3 Å². The Labute approximate surface area is 172 Å². The number of carbonyl (C=O) groups excluding carboxylic acids is 1. The van der Waals surface area contributed by atoms with E-state index in [2.05, 4.69) is 4.98 Å². The summed E-state index contributed by atoms with van der Waals surface area (Å²) < 4.78 is 21.4. The Morgan fingerprint density at radius 3 is 2.57 bits per heavy atom. The van der Waals surface area contributed by atoms with Crippen LogP contribution in [0.15, 0.2) is 46.9 Å². The lowest BCUT2D eigenvalue weighted by Crippen LogP contribution is -2.10. The summed E-state index contributed by atoms with van der Waals surface area (Å²) in [5, 5.41) is 11.4. The van der Waals surface area contributed by atoms with Crippen molar-refractivity contribution in [3.63, 3.8) is 0 Å². The molecule has 0 radical (unpaired) electrons. The van der Waals surface area contributed by atoms with E-state index in [1.165, 1.54) is 13.2 Å². The maximum Gasteiger partial charge on any atom is 0.345 e. The Balaban J connectivity index is 1.83. The van der Waals surface area contributed by atoms with Crippen molar-refractivity contribution in [3.8, 4) is 23.0 Å². The number of esters is 1. The molecule has 0 N–H and O–H groups in total. The van der Waals surface area contributed by atoms with E-state index in [-0.39, 0.29) is 23.7 Å². The van der Waals surface area contributed by atoms with Crippen molar-refractivity contribution in [3.05, 3.63) is 69.6 Å². The minimum absolute atomic E-state index is 0.153. The highest BCUT2D eigenvalue weighted by Gasteiger charge is 2.26. The third-order valence-corrected chi connectivity index (χ3v) is 4.25. The lowest BCUT2D eigenvalue weighted by Gasteiger charge is -2.11. The maximum absolute atomic E-state index is 12.6. The van der Waals surface area contributed by atoms with E-state index in [1.54, 1.807) is 13.8 Å². The molecule has 0 fully saturated rings. The number of methoxy groups -OCH3 is 1. The lowest BCUT2D eigenvalue weighted by molar-refractivity contribution is -0.385. The number of nitro groups is 1. The average Bonchev–Trinajstić information content (AvgIpc) is 3.13. The predicted octanol–water partition coefficient (Wildman–Crippen LogP) is 4.32. The number of benzene rings is 2. The van der Waals surface area contributed by atoms with Gasteiger partial charge in [0.15, 0.2) is 11.5 Å². The molecule has 0 spiro atoms. The summed E-state index contributed by atoms with van der Waals surface area (Å²) in [6, 6.07) is 11.7. The highest BCUT2D eigenvalue weighted by molar-refractivity contribution is 5.95. The predicted molar refractivity (Wildman–Crippen MR) is 107 cm³/mol. The Kier molecular flexibility index (Phi) is 6.31. The molecule has 0 bridgehead atoms. The molecule has 0 aliphatic carbocycles. The van der Waals surface area contributed by atoms with Crippen LogP contribution >= 0.6 is 0 Å². The van der Waals surface area contributed by atoms with Crippen molar-refractivity contribution >= 4 is 11.7 Å². The SMILES string of the molecule is CCOc1cc(C(=O)OCc2nc(-c3ccccc3)oc2C)c([N+](=O)[O-])cc1OC. The Morgan fingerprint density at radius 2 is 1.93 bits per heavy atom. The molecule has 0 atom stereocenters. The van der Waals surface area contributed by atoms with Gasteiger partial charge in [-0.2, -0.15) is 0 Å². The molecule has 0 aliphatic rings. The van der Waals surface area contributed by atoms with Crippen LogP contribution in [0.4, 0.5) is 5.69 Å². The zero-order chi connectivity index (χ0) is 21.7. The Hall–Kier alpha value is -3.88. The molecule has 3 rings (SSSR count). The van der Waals surface area contributed by atoms with E-state index in [1.807, 2.05) is 30.3 Å². The molecule has 1 aromatic heterocycles. The quantitative estimate of drug-likeness (QED) is 0.305. The summed E-state index contributed by atoms with van der Waals surface area (Å²) in [7, 11) is 1.36. The van der Waals surface area contributed by atoms with E-state index in [9.17, 15) is 14.9 Å². The number of hydrogen-bond donors (Lipinski definition) is 0. The van der Waals surface area contributed by atoms with E-state index in [0.717, 1.165) is 11.6 Å². The molecule has 0 saturated carbocycles. The highest BCUT2D eigenvalue weighted by Crippen LogP contribution is 2.35. The van der Waals surface area contributed by atoms with Crippen LogP contribution in [0, 0.1) is 17.0 Å². The van der Waals surface area contributed by atoms with Crippen molar-refractivity contribution < 1.29 is 28.3 Å². The zero-order valence-corrected chi connectivity index (χ0v) is 16.7. The van der Waals surface area contributed by atoms with Gasteiger partial charge in [-0.25, -0.2) is 9.78 Å². The second-order valence-electron chi connectivity index (χ2n) is 6.17. The van der Waals surface area contributed by atoms with Crippen LogP contribution in [0.25, 0.3) is 11.5 Å². The van der Waals surface area contributed by atoms with Gasteiger partial charge in [-0.1, -0.05) is 18.2 Å². The Bertz CT molecular complexity index is 1060. The number of carbonyl (C=O) groups is 1. The molecule has 9 nitrogen and oxygen atoms in total. The summed E-state index contributed by atoms with van der Waals surface area (Å²) in [4.78, 5) is 27.7. The van der Waals surface area contributed by atoms with Crippen molar-refractivity contribution in [1.29, 1.82) is 0 Å². The van der Waals surface area contributed by atoms with E-state index < -0.39 is 16.6 Å². The van der Waals surface area contributed by atoms with Gasteiger partial charge in [-0.05, 0) is 26.0 Å². The van der Waals surface area contributed by atoms with E-state index in [4.69, 9.17) is 18.6 Å². The number of oxazole rings is 1. The minimum Gasteiger partial charge on any atom is -0.493 e. The number of aromatic nitrogens is 1. The number of aryl methyl sites for hydroxylation is 1. The van der Waals surface area contributed by atoms with Gasteiger partial charge in [0.1, 0.15) is 23.6 Å². The zero-order valence-electron chi connectivity index (χ0n) is 16.7. The van der Waals surface area contributed by atoms with Gasteiger partial charge >= 0.3 is 5.97 Å². The van der Waals surface area contributed by atoms with Crippen LogP contribution in [0.3, 0.4) is 0 Å². The first-order valence-corrected chi connectivity index (χ1v) is 9.12. The van der Waals surface area contributed by atoms with Gasteiger partial charge in [0.2, 0.25) is 5.89 Å². The van der Waals surface area contributed by atoms with E-state index in [0.29, 0.717) is 24.0 Å². The van der Waals surface area contributed by atoms with Crippen molar-refractivity contribution in [2.24, 2.45) is 0 Å². The maximum atomic E-state index is 12.6. The standard InChI is InChI=1S/C21H20N2O7/c1-4-28-19-10-15(17(23(25)26)11-18(19)27-3)21(24)29-12-16-13(2)30-20(22-16)14-8-6-5-7-9-14/h5-11H,4,12H2,1-3H3. The van der Waals surface area contributed by atoms with Gasteiger partial charge in [-0.15, -0.1) is 0 Å². The summed E-state index contributed by atoms with van der Waals surface area (Å²) in [5.74, 6) is 0.365. The monoisotopic (exact) mass is 412 g/mol. The molecule has 1 heterocycles. The topological polar surface area (TPSA) is 114 Å². The van der Waals surface area contributed by atoms with Crippen LogP contribution in [0.2, 0.25) is 0 Å². The van der Waals surface area contributed by atoms with Gasteiger partial charge < -0.3 is 18.6 Å². The van der Waals surface area contributed by atoms with Crippen LogP contribution in [0.1, 0.15) is 28.7 Å². The van der Waals surface area contributed by atoms with Crippen LogP contribution < -0.4 is 9.47 Å². The first-order chi connectivity index (χ1) is 14.4. The normalized spacial score (nSPS) is 10.5. The van der Waals surface area contributed by atoms with Gasteiger partial charge in [-0.3, -0.25) is 10.1 Å². The first-order valence-electron chi connectivity index (χ1n) is 9.12. The minimum atomic E-state index is -0.881. The number of ether oxygens (including phenoxy) is 3. The van der Waals surface area contributed by atoms with Crippen molar-refractivity contribution in [1.82, 2.24) is 4.98 Å². The number of rotatable bonds is 8. The number of nitrogens with zero attached hydrogens (tertiary/aromatic N) is 2. The molecule has 2 aromatic carbocycles. The molecule has 0 amide bonds. The Morgan fingerprint density at radius 1 is 1.20 bits per heavy atom. The molecule has 0 aliphatic heterocycles. The molecule has 3 aromatic rings. The fourth-order valence-electron chi connectivity index (χ4n) is 2.77. The average molecular weight is 412 g/mol. The lowest BCUT2D eigenvalue weighted by atomic mass is 10.1. The van der Waals surface area contributed by atoms with Gasteiger partial charge in [0.25, 0.3) is 5.69 Å². The molecule has 30 heavy (non-hydrogen) atoms. The number of hydrogen-bond acceptors (Lipinski definition) is 8. The molecule has 0 unspecified atom stereocenters. The molecular formula is C21H20N2O7. The van der Waals surface area contributed by atoms with Crippen LogP contribution in [-0.4, -0.2) is 29.6 Å². The molecule has 0 saturated heterocycles. The third-order valence-electron chi connectivity index (χ3n) is 4.25. The second kappa shape index (κ2) is 9.08. The summed E-state index contributed by atoms with van der Waals surface area (Å²) in [5.41, 5.74) is 0.518. The molecule has 9 heteroatoms. The van der Waals surface area contributed by atoms with Gasteiger partial charge in [0, 0.05) is 11.6 Å². The summed E-state index contributed by atoms with van der Waals surface area (Å²) >= 11 is 0. The largest absolute Gasteiger partial charge is 0.493 e. The summed E-state index contributed by atoms with van der Waals surface area (Å²) in [6.45, 7) is 3.54. The van der Waals surface area contributed by atoms with Crippen molar-refractivity contribution in [2.45, 2.75) is 20.5 Å². The first kappa shape index (κ1) is 20.8. The fourth-order valence-corrected chi connectivity index (χ4v) is 2.77. The van der Waals surface area contributed by atoms with Crippen molar-refractivity contribution in [2.75, 3.05) is 13.7 Å². The molecular weight excluding hydrogens is 392 g/mol. The number of nitro benzene ring substituents is 1. The fraction of sp³-hybridized carbons (Fsp3) is 0.238. The second-order valence-corrected chi connectivity index (χ2v) is 6.17. The smallest absolute Gasteiger partial charge is 0.345 e.